The number of hydrogen-bond acceptors (Lipinski definition) is 3. The molecule has 1 fully saturated rings. The Morgan fingerprint density at radius 2 is 2.12 bits per heavy atom. The van der Waals surface area contributed by atoms with Gasteiger partial charge in [0.05, 0.1) is 11.9 Å². The van der Waals surface area contributed by atoms with Gasteiger partial charge in [0.15, 0.2) is 0 Å². The maximum absolute atomic E-state index is 12.6. The van der Waals surface area contributed by atoms with Crippen LogP contribution in [0.25, 0.3) is 5.69 Å². The Morgan fingerprint density at radius 1 is 1.33 bits per heavy atom. The molecule has 2 unspecified atom stereocenters. The van der Waals surface area contributed by atoms with Gasteiger partial charge in [-0.25, -0.2) is 4.68 Å². The van der Waals surface area contributed by atoms with Gasteiger partial charge in [-0.3, -0.25) is 4.79 Å². The van der Waals surface area contributed by atoms with Crippen molar-refractivity contribution in [3.8, 4) is 5.69 Å². The fourth-order valence-electron chi connectivity index (χ4n) is 3.52. The molecule has 2 heterocycles. The second-order valence-corrected chi connectivity index (χ2v) is 6.64. The van der Waals surface area contributed by atoms with Crippen molar-refractivity contribution in [3.63, 3.8) is 0 Å². The smallest absolute Gasteiger partial charge is 0.223 e. The van der Waals surface area contributed by atoms with Gasteiger partial charge in [0, 0.05) is 31.7 Å². The van der Waals surface area contributed by atoms with Crippen molar-refractivity contribution < 1.29 is 4.79 Å². The van der Waals surface area contributed by atoms with Crippen molar-refractivity contribution in [1.29, 1.82) is 0 Å². The number of aryl methyl sites for hydroxylation is 1. The third-order valence-electron chi connectivity index (χ3n) is 4.96. The predicted octanol–water partition coefficient (Wildman–Crippen LogP) is 2.39. The van der Waals surface area contributed by atoms with Gasteiger partial charge in [-0.1, -0.05) is 25.1 Å². The molecule has 1 aromatic heterocycles. The molecule has 2 atom stereocenters. The third kappa shape index (κ3) is 3.67. The summed E-state index contributed by atoms with van der Waals surface area (Å²) in [4.78, 5) is 14.6. The van der Waals surface area contributed by atoms with Crippen LogP contribution < -0.4 is 5.73 Å². The lowest BCUT2D eigenvalue weighted by Gasteiger charge is -2.39. The van der Waals surface area contributed by atoms with Crippen LogP contribution in [0.2, 0.25) is 0 Å². The van der Waals surface area contributed by atoms with Gasteiger partial charge in [0.1, 0.15) is 0 Å². The van der Waals surface area contributed by atoms with E-state index in [0.717, 1.165) is 30.6 Å². The van der Waals surface area contributed by atoms with E-state index < -0.39 is 0 Å². The van der Waals surface area contributed by atoms with Gasteiger partial charge in [0.25, 0.3) is 0 Å². The Kier molecular flexibility index (Phi) is 5.30. The van der Waals surface area contributed by atoms with Gasteiger partial charge in [-0.05, 0) is 42.9 Å². The minimum absolute atomic E-state index is 0.193. The van der Waals surface area contributed by atoms with Gasteiger partial charge in [0.2, 0.25) is 5.91 Å². The van der Waals surface area contributed by atoms with E-state index in [1.54, 1.807) is 0 Å². The fourth-order valence-corrected chi connectivity index (χ4v) is 3.52. The molecule has 1 amide bonds. The first-order chi connectivity index (χ1) is 11.7. The summed E-state index contributed by atoms with van der Waals surface area (Å²) in [5, 5.41) is 4.39. The number of para-hydroxylation sites is 1. The number of rotatable bonds is 5. The highest BCUT2D eigenvalue weighted by Gasteiger charge is 2.30. The summed E-state index contributed by atoms with van der Waals surface area (Å²) in [7, 11) is 0. The summed E-state index contributed by atoms with van der Waals surface area (Å²) in [5.74, 6) is 0.706. The Balaban J connectivity index is 1.59. The number of carbonyl (C=O) groups excluding carboxylic acids is 1. The van der Waals surface area contributed by atoms with Crippen LogP contribution in [0, 0.1) is 5.92 Å². The van der Waals surface area contributed by atoms with E-state index in [1.807, 2.05) is 52.3 Å². The number of nitrogens with two attached hydrogens (primary N) is 1. The van der Waals surface area contributed by atoms with Crippen molar-refractivity contribution in [2.24, 2.45) is 11.7 Å². The van der Waals surface area contributed by atoms with Gasteiger partial charge < -0.3 is 10.6 Å². The number of benzene rings is 1. The molecule has 128 valence electrons. The molecular formula is C19H26N4O. The molecule has 1 saturated heterocycles. The van der Waals surface area contributed by atoms with Crippen molar-refractivity contribution in [3.05, 3.63) is 48.3 Å². The first-order valence-corrected chi connectivity index (χ1v) is 8.77. The maximum Gasteiger partial charge on any atom is 0.223 e. The number of likely N-dealkylation sites (tertiary alicyclic amines) is 1. The zero-order valence-corrected chi connectivity index (χ0v) is 14.3. The summed E-state index contributed by atoms with van der Waals surface area (Å²) in [6.07, 6.45) is 7.32. The van der Waals surface area contributed by atoms with E-state index in [4.69, 9.17) is 5.73 Å². The molecule has 0 radical (unpaired) electrons. The third-order valence-corrected chi connectivity index (χ3v) is 4.96. The fraction of sp³-hybridized carbons (Fsp3) is 0.474. The number of carbonyl (C=O) groups is 1. The van der Waals surface area contributed by atoms with Crippen molar-refractivity contribution in [1.82, 2.24) is 14.7 Å². The molecule has 1 aliphatic rings. The van der Waals surface area contributed by atoms with Crippen LogP contribution in [-0.2, 0) is 11.2 Å². The standard InChI is InChI=1S/C19H26N4O/c1-15-6-5-11-22(18(15)12-20)19(24)10-9-16-13-21-23(14-16)17-7-3-2-4-8-17/h2-4,7-8,13-15,18H,5-6,9-12,20H2,1H3. The van der Waals surface area contributed by atoms with Crippen molar-refractivity contribution in [2.45, 2.75) is 38.6 Å². The number of aromatic nitrogens is 2. The van der Waals surface area contributed by atoms with E-state index in [9.17, 15) is 4.79 Å². The molecule has 0 saturated carbocycles. The predicted molar refractivity (Wildman–Crippen MR) is 94.8 cm³/mol. The first kappa shape index (κ1) is 16.7. The summed E-state index contributed by atoms with van der Waals surface area (Å²) < 4.78 is 1.85. The summed E-state index contributed by atoms with van der Waals surface area (Å²) in [5.41, 5.74) is 8.01. The number of nitrogens with zero attached hydrogens (tertiary/aromatic N) is 3. The molecule has 0 bridgehead atoms. The average Bonchev–Trinajstić information content (AvgIpc) is 3.09. The van der Waals surface area contributed by atoms with Crippen LogP contribution >= 0.6 is 0 Å². The van der Waals surface area contributed by atoms with E-state index in [-0.39, 0.29) is 11.9 Å². The zero-order chi connectivity index (χ0) is 16.9. The molecule has 0 spiro atoms. The molecule has 1 aliphatic heterocycles. The average molecular weight is 326 g/mol. The van der Waals surface area contributed by atoms with Crippen LogP contribution in [0.3, 0.4) is 0 Å². The number of piperidine rings is 1. The van der Waals surface area contributed by atoms with Crippen LogP contribution in [0.15, 0.2) is 42.7 Å². The van der Waals surface area contributed by atoms with Crippen LogP contribution in [0.4, 0.5) is 0 Å². The highest BCUT2D eigenvalue weighted by molar-refractivity contribution is 5.77. The van der Waals surface area contributed by atoms with Crippen molar-refractivity contribution in [2.75, 3.05) is 13.1 Å². The minimum Gasteiger partial charge on any atom is -0.338 e. The number of amides is 1. The molecule has 24 heavy (non-hydrogen) atoms. The SMILES string of the molecule is CC1CCCN(C(=O)CCc2cnn(-c3ccccc3)c2)C1CN. The molecule has 3 rings (SSSR count). The van der Waals surface area contributed by atoms with Gasteiger partial charge >= 0.3 is 0 Å². The lowest BCUT2D eigenvalue weighted by molar-refractivity contribution is -0.136. The zero-order valence-electron chi connectivity index (χ0n) is 14.3. The van der Waals surface area contributed by atoms with Gasteiger partial charge in [-0.2, -0.15) is 5.10 Å². The van der Waals surface area contributed by atoms with E-state index in [2.05, 4.69) is 12.0 Å². The summed E-state index contributed by atoms with van der Waals surface area (Å²) in [6.45, 7) is 3.59. The normalized spacial score (nSPS) is 21.0. The molecule has 2 aromatic rings. The highest BCUT2D eigenvalue weighted by atomic mass is 16.2. The summed E-state index contributed by atoms with van der Waals surface area (Å²) in [6, 6.07) is 10.2. The van der Waals surface area contributed by atoms with E-state index >= 15 is 0 Å². The molecule has 5 nitrogen and oxygen atoms in total. The number of hydrogen-bond donors (Lipinski definition) is 1. The molecule has 1 aromatic carbocycles. The second-order valence-electron chi connectivity index (χ2n) is 6.64. The molecule has 5 heteroatoms. The Labute approximate surface area is 143 Å². The van der Waals surface area contributed by atoms with Crippen LogP contribution in [0.5, 0.6) is 0 Å². The molecule has 0 aliphatic carbocycles. The maximum atomic E-state index is 12.6. The second kappa shape index (κ2) is 7.62. The largest absolute Gasteiger partial charge is 0.338 e. The quantitative estimate of drug-likeness (QED) is 0.917. The Hall–Kier alpha value is -2.14. The van der Waals surface area contributed by atoms with Crippen molar-refractivity contribution >= 4 is 5.91 Å². The topological polar surface area (TPSA) is 64.2 Å². The van der Waals surface area contributed by atoms with E-state index in [1.165, 1.54) is 0 Å². The monoisotopic (exact) mass is 326 g/mol. The highest BCUT2D eigenvalue weighted by Crippen LogP contribution is 2.23. The Bertz CT molecular complexity index is 667. The minimum atomic E-state index is 0.193. The Morgan fingerprint density at radius 3 is 2.88 bits per heavy atom. The lowest BCUT2D eigenvalue weighted by Crippen LogP contribution is -2.51. The van der Waals surface area contributed by atoms with Crippen LogP contribution in [-0.4, -0.2) is 39.7 Å². The lowest BCUT2D eigenvalue weighted by atomic mass is 9.90. The molecular weight excluding hydrogens is 300 g/mol. The van der Waals surface area contributed by atoms with Crippen LogP contribution in [0.1, 0.15) is 31.7 Å². The first-order valence-electron chi connectivity index (χ1n) is 8.77. The molecule has 2 N–H and O–H groups in total. The van der Waals surface area contributed by atoms with Gasteiger partial charge in [-0.15, -0.1) is 0 Å². The summed E-state index contributed by atoms with van der Waals surface area (Å²) >= 11 is 0. The van der Waals surface area contributed by atoms with E-state index in [0.29, 0.717) is 25.3 Å².